The number of hydrogen-bond donors (Lipinski definition) is 1. The molecule has 1 aromatic heterocycles. The van der Waals surface area contributed by atoms with E-state index in [4.69, 9.17) is 9.47 Å². The summed E-state index contributed by atoms with van der Waals surface area (Å²) in [5.41, 5.74) is 1.41. The van der Waals surface area contributed by atoms with Crippen molar-refractivity contribution in [3.8, 4) is 5.75 Å². The normalized spacial score (nSPS) is 13.9. The first-order valence-corrected chi connectivity index (χ1v) is 6.89. The molecule has 2 aromatic rings. The largest absolute Gasteiger partial charge is 0.497 e. The molecule has 0 radical (unpaired) electrons. The van der Waals surface area contributed by atoms with Gasteiger partial charge in [0, 0.05) is 18.1 Å². The third-order valence-electron chi connectivity index (χ3n) is 3.39. The van der Waals surface area contributed by atoms with E-state index in [0.717, 1.165) is 30.0 Å². The summed E-state index contributed by atoms with van der Waals surface area (Å²) in [5, 5.41) is 4.00. The van der Waals surface area contributed by atoms with Crippen LogP contribution in [0.4, 0.5) is 0 Å². The molecule has 0 saturated heterocycles. The van der Waals surface area contributed by atoms with E-state index in [-0.39, 0.29) is 5.97 Å². The van der Waals surface area contributed by atoms with Gasteiger partial charge >= 0.3 is 5.97 Å². The lowest BCUT2D eigenvalue weighted by atomic mass is 10.1. The number of benzene rings is 1. The van der Waals surface area contributed by atoms with Gasteiger partial charge < -0.3 is 14.8 Å². The average Bonchev–Trinajstić information content (AvgIpc) is 3.13. The Morgan fingerprint density at radius 2 is 2.33 bits per heavy atom. The molecule has 3 rings (SSSR count). The van der Waals surface area contributed by atoms with Gasteiger partial charge in [0.15, 0.2) is 0 Å². The average molecular weight is 287 g/mol. The van der Waals surface area contributed by atoms with Crippen LogP contribution in [0.15, 0.2) is 29.4 Å². The highest BCUT2D eigenvalue weighted by Crippen LogP contribution is 2.26. The van der Waals surface area contributed by atoms with Gasteiger partial charge in [-0.05, 0) is 25.1 Å². The van der Waals surface area contributed by atoms with Gasteiger partial charge in [-0.15, -0.1) is 0 Å². The molecular formula is C15H17N3O3. The highest BCUT2D eigenvalue weighted by Gasteiger charge is 2.20. The van der Waals surface area contributed by atoms with E-state index in [0.29, 0.717) is 17.9 Å². The zero-order valence-electron chi connectivity index (χ0n) is 12.0. The standard InChI is InChI=1S/C15H17N3O3/c1-3-21-14(19)12-9-18(15-16-6-7-17-15)13-5-4-10(20-2)8-11(12)13/h4-5,8-9H,3,6-7H2,1-2H3,(H,16,17). The number of rotatable bonds is 3. The minimum Gasteiger partial charge on any atom is -0.497 e. The van der Waals surface area contributed by atoms with Crippen LogP contribution in [-0.2, 0) is 4.74 Å². The second-order valence-corrected chi connectivity index (χ2v) is 4.65. The number of ether oxygens (including phenoxy) is 2. The summed E-state index contributed by atoms with van der Waals surface area (Å²) < 4.78 is 12.3. The molecule has 1 N–H and O–H groups in total. The van der Waals surface area contributed by atoms with Crippen LogP contribution in [0, 0.1) is 0 Å². The topological polar surface area (TPSA) is 64.9 Å². The molecule has 0 aliphatic carbocycles. The van der Waals surface area contributed by atoms with Crippen molar-refractivity contribution < 1.29 is 14.3 Å². The first-order chi connectivity index (χ1) is 10.2. The lowest BCUT2D eigenvalue weighted by molar-refractivity contribution is 0.0528. The van der Waals surface area contributed by atoms with Crippen molar-refractivity contribution in [3.63, 3.8) is 0 Å². The fourth-order valence-electron chi connectivity index (χ4n) is 2.43. The van der Waals surface area contributed by atoms with E-state index in [1.165, 1.54) is 0 Å². The number of nitrogens with zero attached hydrogens (tertiary/aromatic N) is 2. The molecule has 0 amide bonds. The molecule has 110 valence electrons. The maximum Gasteiger partial charge on any atom is 0.340 e. The monoisotopic (exact) mass is 287 g/mol. The van der Waals surface area contributed by atoms with Crippen LogP contribution < -0.4 is 10.1 Å². The van der Waals surface area contributed by atoms with E-state index in [1.54, 1.807) is 20.2 Å². The number of methoxy groups -OCH3 is 1. The Morgan fingerprint density at radius 1 is 1.48 bits per heavy atom. The highest BCUT2D eigenvalue weighted by atomic mass is 16.5. The zero-order chi connectivity index (χ0) is 14.8. The lowest BCUT2D eigenvalue weighted by Gasteiger charge is -2.05. The quantitative estimate of drug-likeness (QED) is 0.872. The van der Waals surface area contributed by atoms with Gasteiger partial charge in [-0.2, -0.15) is 0 Å². The van der Waals surface area contributed by atoms with Crippen molar-refractivity contribution in [2.24, 2.45) is 4.99 Å². The maximum absolute atomic E-state index is 12.1. The Balaban J connectivity index is 2.18. The number of aliphatic imine (C=N–C) groups is 1. The number of aromatic nitrogens is 1. The van der Waals surface area contributed by atoms with Crippen LogP contribution in [-0.4, -0.2) is 43.3 Å². The molecule has 0 saturated carbocycles. The van der Waals surface area contributed by atoms with E-state index in [2.05, 4.69) is 10.3 Å². The molecule has 6 heteroatoms. The van der Waals surface area contributed by atoms with Gasteiger partial charge in [0.05, 0.1) is 31.3 Å². The van der Waals surface area contributed by atoms with Crippen LogP contribution in [0.3, 0.4) is 0 Å². The number of nitrogens with one attached hydrogen (secondary N) is 1. The number of hydrogen-bond acceptors (Lipinski definition) is 5. The van der Waals surface area contributed by atoms with Gasteiger partial charge in [-0.1, -0.05) is 0 Å². The molecule has 0 fully saturated rings. The minimum absolute atomic E-state index is 0.340. The van der Waals surface area contributed by atoms with Crippen LogP contribution in [0.25, 0.3) is 10.9 Å². The molecule has 0 bridgehead atoms. The maximum atomic E-state index is 12.1. The van der Waals surface area contributed by atoms with Crippen molar-refractivity contribution in [2.75, 3.05) is 26.8 Å². The number of fused-ring (bicyclic) bond motifs is 1. The third-order valence-corrected chi connectivity index (χ3v) is 3.39. The summed E-state index contributed by atoms with van der Waals surface area (Å²) >= 11 is 0. The van der Waals surface area contributed by atoms with Crippen molar-refractivity contribution in [2.45, 2.75) is 6.92 Å². The molecule has 21 heavy (non-hydrogen) atoms. The summed E-state index contributed by atoms with van der Waals surface area (Å²) in [4.78, 5) is 16.6. The minimum atomic E-state index is -0.340. The highest BCUT2D eigenvalue weighted by molar-refractivity contribution is 6.08. The Labute approximate surface area is 122 Å². The molecule has 1 aliphatic rings. The summed E-state index contributed by atoms with van der Waals surface area (Å²) in [6, 6.07) is 5.62. The van der Waals surface area contributed by atoms with Crippen molar-refractivity contribution in [1.29, 1.82) is 0 Å². The van der Waals surface area contributed by atoms with Crippen LogP contribution >= 0.6 is 0 Å². The second kappa shape index (κ2) is 5.47. The predicted octanol–water partition coefficient (Wildman–Crippen LogP) is 1.63. The molecule has 6 nitrogen and oxygen atoms in total. The molecule has 0 spiro atoms. The first-order valence-electron chi connectivity index (χ1n) is 6.89. The SMILES string of the molecule is CCOC(=O)c1cn(C2=NCCN2)c2ccc(OC)cc12. The van der Waals surface area contributed by atoms with Gasteiger partial charge in [-0.25, -0.2) is 4.79 Å². The Morgan fingerprint density at radius 3 is 3.00 bits per heavy atom. The van der Waals surface area contributed by atoms with Gasteiger partial charge in [0.2, 0.25) is 5.96 Å². The zero-order valence-corrected chi connectivity index (χ0v) is 12.0. The van der Waals surface area contributed by atoms with Crippen molar-refractivity contribution >= 4 is 22.8 Å². The number of carbonyl (C=O) groups excluding carboxylic acids is 1. The Bertz CT molecular complexity index is 718. The molecule has 1 aromatic carbocycles. The smallest absolute Gasteiger partial charge is 0.340 e. The molecule has 0 unspecified atom stereocenters. The first kappa shape index (κ1) is 13.5. The molecular weight excluding hydrogens is 270 g/mol. The van der Waals surface area contributed by atoms with Crippen molar-refractivity contribution in [3.05, 3.63) is 30.0 Å². The fraction of sp³-hybridized carbons (Fsp3) is 0.333. The van der Waals surface area contributed by atoms with E-state index < -0.39 is 0 Å². The lowest BCUT2D eigenvalue weighted by Crippen LogP contribution is -2.25. The van der Waals surface area contributed by atoms with Crippen LogP contribution in [0.1, 0.15) is 17.3 Å². The van der Waals surface area contributed by atoms with E-state index >= 15 is 0 Å². The number of esters is 1. The summed E-state index contributed by atoms with van der Waals surface area (Å²) in [6.45, 7) is 3.68. The van der Waals surface area contributed by atoms with Crippen LogP contribution in [0.2, 0.25) is 0 Å². The second-order valence-electron chi connectivity index (χ2n) is 4.65. The molecule has 2 heterocycles. The Hall–Kier alpha value is -2.50. The summed E-state index contributed by atoms with van der Waals surface area (Å²) in [5.74, 6) is 1.11. The van der Waals surface area contributed by atoms with Crippen LogP contribution in [0.5, 0.6) is 5.75 Å². The van der Waals surface area contributed by atoms with E-state index in [9.17, 15) is 4.79 Å². The fourth-order valence-corrected chi connectivity index (χ4v) is 2.43. The van der Waals surface area contributed by atoms with Gasteiger partial charge in [0.1, 0.15) is 5.75 Å². The van der Waals surface area contributed by atoms with E-state index in [1.807, 2.05) is 22.8 Å². The Kier molecular flexibility index (Phi) is 3.51. The summed E-state index contributed by atoms with van der Waals surface area (Å²) in [6.07, 6.45) is 1.76. The molecule has 0 atom stereocenters. The number of carbonyl (C=O) groups is 1. The third kappa shape index (κ3) is 2.33. The van der Waals surface area contributed by atoms with Crippen molar-refractivity contribution in [1.82, 2.24) is 9.88 Å². The van der Waals surface area contributed by atoms with Gasteiger partial charge in [0.25, 0.3) is 0 Å². The van der Waals surface area contributed by atoms with Gasteiger partial charge in [-0.3, -0.25) is 9.56 Å². The summed E-state index contributed by atoms with van der Waals surface area (Å²) in [7, 11) is 1.60. The molecule has 1 aliphatic heterocycles. The predicted molar refractivity (Wildman–Crippen MR) is 80.1 cm³/mol.